The monoisotopic (exact) mass is 456 g/mol. The van der Waals surface area contributed by atoms with Crippen LogP contribution in [0, 0.1) is 19.8 Å². The van der Waals surface area contributed by atoms with E-state index in [1.54, 1.807) is 17.3 Å². The molecule has 8 nitrogen and oxygen atoms in total. The lowest BCUT2D eigenvalue weighted by molar-refractivity contribution is -0.136. The molecule has 174 valence electrons. The fourth-order valence-electron chi connectivity index (χ4n) is 4.59. The van der Waals surface area contributed by atoms with Crippen molar-refractivity contribution >= 4 is 23.3 Å². The van der Waals surface area contributed by atoms with Crippen molar-refractivity contribution in [1.29, 1.82) is 0 Å². The van der Waals surface area contributed by atoms with Crippen LogP contribution in [0.2, 0.25) is 0 Å². The van der Waals surface area contributed by atoms with Crippen LogP contribution >= 0.6 is 0 Å². The molecule has 2 aliphatic heterocycles. The van der Waals surface area contributed by atoms with Crippen LogP contribution < -0.4 is 9.80 Å². The first-order valence-electron chi connectivity index (χ1n) is 11.6. The van der Waals surface area contributed by atoms with Crippen LogP contribution in [0.15, 0.2) is 54.9 Å². The van der Waals surface area contributed by atoms with Crippen molar-refractivity contribution in [3.8, 4) is 11.3 Å². The van der Waals surface area contributed by atoms with E-state index in [0.29, 0.717) is 32.7 Å². The second kappa shape index (κ2) is 9.21. The predicted molar refractivity (Wildman–Crippen MR) is 130 cm³/mol. The van der Waals surface area contributed by atoms with E-state index in [-0.39, 0.29) is 24.2 Å². The highest BCUT2D eigenvalue weighted by Crippen LogP contribution is 2.28. The summed E-state index contributed by atoms with van der Waals surface area (Å²) < 4.78 is 0. The Bertz CT molecular complexity index is 1190. The van der Waals surface area contributed by atoms with Crippen LogP contribution in [0.25, 0.3) is 11.3 Å². The van der Waals surface area contributed by atoms with E-state index in [0.717, 1.165) is 28.3 Å². The third kappa shape index (κ3) is 4.35. The normalized spacial score (nSPS) is 18.5. The zero-order valence-electron chi connectivity index (χ0n) is 19.5. The summed E-state index contributed by atoms with van der Waals surface area (Å²) >= 11 is 0. The molecule has 8 heteroatoms. The Morgan fingerprint density at radius 3 is 2.47 bits per heavy atom. The molecule has 4 heterocycles. The maximum absolute atomic E-state index is 13.2. The number of aromatic nitrogens is 3. The van der Waals surface area contributed by atoms with E-state index in [2.05, 4.69) is 27.0 Å². The molecular weight excluding hydrogens is 428 g/mol. The molecular formula is C26H28N6O2. The molecule has 0 spiro atoms. The summed E-state index contributed by atoms with van der Waals surface area (Å²) in [6.45, 7) is 7.14. The smallest absolute Gasteiger partial charge is 0.228 e. The molecule has 2 aliphatic rings. The predicted octanol–water partition coefficient (Wildman–Crippen LogP) is 2.86. The SMILES string of the molecule is Cc1ccc(N2CC(C(=O)N3CCN(c4ccc(-c5cccnc5)nn4)CC3)CC2=O)cc1C. The number of rotatable bonds is 4. The van der Waals surface area contributed by atoms with E-state index < -0.39 is 0 Å². The highest BCUT2D eigenvalue weighted by molar-refractivity contribution is 6.00. The fraction of sp³-hybridized carbons (Fsp3) is 0.346. The third-order valence-electron chi connectivity index (χ3n) is 6.80. The van der Waals surface area contributed by atoms with Gasteiger partial charge in [0.15, 0.2) is 5.82 Å². The fourth-order valence-corrected chi connectivity index (χ4v) is 4.59. The maximum Gasteiger partial charge on any atom is 0.228 e. The highest BCUT2D eigenvalue weighted by Gasteiger charge is 2.38. The number of piperazine rings is 1. The second-order valence-corrected chi connectivity index (χ2v) is 9.00. The summed E-state index contributed by atoms with van der Waals surface area (Å²) in [6, 6.07) is 13.8. The molecule has 2 amide bonds. The van der Waals surface area contributed by atoms with E-state index in [1.165, 1.54) is 5.56 Å². The number of carbonyl (C=O) groups excluding carboxylic acids is 2. The van der Waals surface area contributed by atoms with Gasteiger partial charge in [0.1, 0.15) is 0 Å². The first kappa shape index (κ1) is 22.0. The summed E-state index contributed by atoms with van der Waals surface area (Å²) in [4.78, 5) is 35.8. The number of hydrogen-bond donors (Lipinski definition) is 0. The lowest BCUT2D eigenvalue weighted by Gasteiger charge is -2.36. The lowest BCUT2D eigenvalue weighted by atomic mass is 10.1. The lowest BCUT2D eigenvalue weighted by Crippen LogP contribution is -2.51. The molecule has 5 rings (SSSR count). The van der Waals surface area contributed by atoms with Gasteiger partial charge in [-0.1, -0.05) is 6.07 Å². The highest BCUT2D eigenvalue weighted by atomic mass is 16.2. The van der Waals surface area contributed by atoms with Crippen LogP contribution in [0.3, 0.4) is 0 Å². The molecule has 2 saturated heterocycles. The quantitative estimate of drug-likeness (QED) is 0.601. The number of hydrogen-bond acceptors (Lipinski definition) is 6. The summed E-state index contributed by atoms with van der Waals surface area (Å²) in [7, 11) is 0. The summed E-state index contributed by atoms with van der Waals surface area (Å²) in [5.74, 6) is 0.595. The first-order valence-corrected chi connectivity index (χ1v) is 11.6. The molecule has 2 aromatic heterocycles. The number of anilines is 2. The standard InChI is InChI=1S/C26H28N6O2/c1-18-5-6-22(14-19(18)2)32-17-21(15-25(32)33)26(34)31-12-10-30(11-13-31)24-8-7-23(28-29-24)20-4-3-9-27-16-20/h3-9,14,16,21H,10-13,15,17H2,1-2H3. The molecule has 1 atom stereocenters. The molecule has 0 aliphatic carbocycles. The maximum atomic E-state index is 13.2. The summed E-state index contributed by atoms with van der Waals surface area (Å²) in [5, 5.41) is 8.73. The Morgan fingerprint density at radius 2 is 1.79 bits per heavy atom. The van der Waals surface area contributed by atoms with Crippen molar-refractivity contribution in [2.45, 2.75) is 20.3 Å². The van der Waals surface area contributed by atoms with Crippen LogP contribution in [0.5, 0.6) is 0 Å². The minimum atomic E-state index is -0.292. The zero-order chi connectivity index (χ0) is 23.7. The average molecular weight is 457 g/mol. The van der Waals surface area contributed by atoms with Gasteiger partial charge in [-0.3, -0.25) is 14.6 Å². The number of nitrogens with zero attached hydrogens (tertiary/aromatic N) is 6. The Kier molecular flexibility index (Phi) is 5.96. The van der Waals surface area contributed by atoms with Crippen LogP contribution in [0.1, 0.15) is 17.5 Å². The zero-order valence-corrected chi connectivity index (χ0v) is 19.5. The summed E-state index contributed by atoms with van der Waals surface area (Å²) in [5.41, 5.74) is 4.93. The average Bonchev–Trinajstić information content (AvgIpc) is 3.27. The van der Waals surface area contributed by atoms with Gasteiger partial charge in [-0.15, -0.1) is 10.2 Å². The van der Waals surface area contributed by atoms with Gasteiger partial charge in [0.2, 0.25) is 11.8 Å². The van der Waals surface area contributed by atoms with Crippen molar-refractivity contribution in [3.63, 3.8) is 0 Å². The molecule has 0 saturated carbocycles. The van der Waals surface area contributed by atoms with Crippen molar-refractivity contribution in [1.82, 2.24) is 20.1 Å². The van der Waals surface area contributed by atoms with Crippen molar-refractivity contribution in [2.24, 2.45) is 5.92 Å². The molecule has 1 aromatic carbocycles. The third-order valence-corrected chi connectivity index (χ3v) is 6.80. The van der Waals surface area contributed by atoms with Gasteiger partial charge >= 0.3 is 0 Å². The van der Waals surface area contributed by atoms with E-state index in [9.17, 15) is 9.59 Å². The Hall–Kier alpha value is -3.81. The van der Waals surface area contributed by atoms with E-state index in [1.807, 2.05) is 54.3 Å². The van der Waals surface area contributed by atoms with Crippen LogP contribution in [-0.2, 0) is 9.59 Å². The van der Waals surface area contributed by atoms with Gasteiger partial charge in [-0.05, 0) is 61.4 Å². The minimum Gasteiger partial charge on any atom is -0.352 e. The molecule has 3 aromatic rings. The largest absolute Gasteiger partial charge is 0.352 e. The minimum absolute atomic E-state index is 0.0178. The number of pyridine rings is 1. The van der Waals surface area contributed by atoms with Crippen molar-refractivity contribution in [2.75, 3.05) is 42.5 Å². The summed E-state index contributed by atoms with van der Waals surface area (Å²) in [6.07, 6.45) is 3.77. The van der Waals surface area contributed by atoms with Crippen molar-refractivity contribution in [3.05, 3.63) is 66.0 Å². The van der Waals surface area contributed by atoms with Crippen molar-refractivity contribution < 1.29 is 9.59 Å². The van der Waals surface area contributed by atoms with E-state index >= 15 is 0 Å². The molecule has 0 bridgehead atoms. The van der Waals surface area contributed by atoms with Gasteiger partial charge in [-0.25, -0.2) is 0 Å². The molecule has 0 radical (unpaired) electrons. The van der Waals surface area contributed by atoms with Gasteiger partial charge in [0.25, 0.3) is 0 Å². The molecule has 34 heavy (non-hydrogen) atoms. The molecule has 2 fully saturated rings. The Labute approximate surface area is 199 Å². The molecule has 1 unspecified atom stereocenters. The second-order valence-electron chi connectivity index (χ2n) is 9.00. The topological polar surface area (TPSA) is 82.5 Å². The first-order chi connectivity index (χ1) is 16.5. The van der Waals surface area contributed by atoms with Gasteiger partial charge in [-0.2, -0.15) is 0 Å². The van der Waals surface area contributed by atoms with Gasteiger partial charge < -0.3 is 14.7 Å². The molecule has 0 N–H and O–H groups in total. The number of benzene rings is 1. The number of amides is 2. The Morgan fingerprint density at radius 1 is 0.971 bits per heavy atom. The number of aryl methyl sites for hydroxylation is 2. The van der Waals surface area contributed by atoms with Gasteiger partial charge in [0, 0.05) is 62.8 Å². The van der Waals surface area contributed by atoms with Crippen LogP contribution in [-0.4, -0.2) is 64.6 Å². The van der Waals surface area contributed by atoms with Gasteiger partial charge in [0.05, 0.1) is 11.6 Å². The number of carbonyl (C=O) groups is 2. The van der Waals surface area contributed by atoms with Crippen LogP contribution in [0.4, 0.5) is 11.5 Å². The van der Waals surface area contributed by atoms with E-state index in [4.69, 9.17) is 0 Å². The Balaban J connectivity index is 1.18.